The number of sulfone groups is 1. The lowest BCUT2D eigenvalue weighted by Crippen LogP contribution is -2.52. The van der Waals surface area contributed by atoms with E-state index in [-0.39, 0.29) is 29.3 Å². The summed E-state index contributed by atoms with van der Waals surface area (Å²) in [6, 6.07) is 1.02. The highest BCUT2D eigenvalue weighted by atomic mass is 32.2. The van der Waals surface area contributed by atoms with Gasteiger partial charge in [0.05, 0.1) is 23.2 Å². The normalized spacial score (nSPS) is 28.6. The summed E-state index contributed by atoms with van der Waals surface area (Å²) in [4.78, 5) is 14.4. The quantitative estimate of drug-likeness (QED) is 0.862. The molecule has 0 saturated carbocycles. The van der Waals surface area contributed by atoms with E-state index in [0.717, 1.165) is 25.9 Å². The topological polar surface area (TPSA) is 92.5 Å². The third-order valence-electron chi connectivity index (χ3n) is 4.35. The first-order valence-electron chi connectivity index (χ1n) is 7.63. The van der Waals surface area contributed by atoms with Crippen LogP contribution in [-0.2, 0) is 9.84 Å². The average molecular weight is 327 g/mol. The number of nitrogens with one attached hydrogen (secondary N) is 1. The van der Waals surface area contributed by atoms with Crippen LogP contribution in [0.3, 0.4) is 0 Å². The first kappa shape index (κ1) is 15.5. The van der Waals surface area contributed by atoms with Gasteiger partial charge in [-0.15, -0.1) is 0 Å². The van der Waals surface area contributed by atoms with Gasteiger partial charge in [0.2, 0.25) is 5.76 Å². The maximum absolute atomic E-state index is 12.2. The molecule has 0 aliphatic carbocycles. The van der Waals surface area contributed by atoms with E-state index in [9.17, 15) is 13.2 Å². The van der Waals surface area contributed by atoms with Gasteiger partial charge in [0.1, 0.15) is 0 Å². The summed E-state index contributed by atoms with van der Waals surface area (Å²) >= 11 is 0. The van der Waals surface area contributed by atoms with Gasteiger partial charge >= 0.3 is 0 Å². The summed E-state index contributed by atoms with van der Waals surface area (Å²) in [7, 11) is -3.12. The largest absolute Gasteiger partial charge is 0.351 e. The molecule has 1 aromatic rings. The molecule has 2 aliphatic rings. The first-order valence-corrected chi connectivity index (χ1v) is 9.45. The van der Waals surface area contributed by atoms with E-state index >= 15 is 0 Å². The van der Waals surface area contributed by atoms with Crippen LogP contribution in [-0.4, -0.2) is 61.1 Å². The molecule has 0 unspecified atom stereocenters. The zero-order chi connectivity index (χ0) is 15.7. The van der Waals surface area contributed by atoms with Gasteiger partial charge in [-0.2, -0.15) is 0 Å². The second kappa shape index (κ2) is 6.00. The van der Waals surface area contributed by atoms with Crippen molar-refractivity contribution in [2.24, 2.45) is 0 Å². The molecule has 1 N–H and O–H groups in total. The minimum absolute atomic E-state index is 0.00692. The Morgan fingerprint density at radius 2 is 2.05 bits per heavy atom. The van der Waals surface area contributed by atoms with E-state index in [0.29, 0.717) is 5.69 Å². The molecule has 122 valence electrons. The number of likely N-dealkylation sites (tertiary alicyclic amines) is 1. The number of piperidine rings is 1. The number of hydrogen-bond donors (Lipinski definition) is 1. The number of nitrogens with zero attached hydrogens (tertiary/aromatic N) is 2. The number of amides is 1. The zero-order valence-electron chi connectivity index (χ0n) is 12.6. The molecule has 0 radical (unpaired) electrons. The number of aromatic nitrogens is 1. The second-order valence-electron chi connectivity index (χ2n) is 6.15. The molecular formula is C14H21N3O4S. The molecule has 0 spiro atoms. The van der Waals surface area contributed by atoms with E-state index in [1.807, 2.05) is 0 Å². The second-order valence-corrected chi connectivity index (χ2v) is 8.31. The third-order valence-corrected chi connectivity index (χ3v) is 6.07. The van der Waals surface area contributed by atoms with Gasteiger partial charge in [0.15, 0.2) is 9.84 Å². The Bertz CT molecular complexity index is 649. The molecule has 7 nitrogen and oxygen atoms in total. The Balaban J connectivity index is 1.73. The zero-order valence-corrected chi connectivity index (χ0v) is 13.4. The average Bonchev–Trinajstić information content (AvgIpc) is 3.03. The van der Waals surface area contributed by atoms with Crippen LogP contribution in [0, 0.1) is 6.92 Å². The van der Waals surface area contributed by atoms with Gasteiger partial charge in [-0.25, -0.2) is 8.42 Å². The molecule has 2 aliphatic heterocycles. The summed E-state index contributed by atoms with van der Waals surface area (Å²) in [5, 5.41) is 6.50. The van der Waals surface area contributed by atoms with Crippen LogP contribution < -0.4 is 5.32 Å². The molecule has 3 heterocycles. The fourth-order valence-corrected chi connectivity index (χ4v) is 5.24. The predicted molar refractivity (Wildman–Crippen MR) is 80.4 cm³/mol. The molecule has 0 aromatic carbocycles. The molecule has 3 rings (SSSR count). The molecule has 0 bridgehead atoms. The van der Waals surface area contributed by atoms with E-state index in [2.05, 4.69) is 15.4 Å². The summed E-state index contributed by atoms with van der Waals surface area (Å²) in [6.45, 7) is 3.53. The molecule has 2 atom stereocenters. The molecule has 8 heteroatoms. The summed E-state index contributed by atoms with van der Waals surface area (Å²) in [5.74, 6) is -0.163. The monoisotopic (exact) mass is 327 g/mol. The van der Waals surface area contributed by atoms with Crippen molar-refractivity contribution >= 4 is 15.7 Å². The SMILES string of the molecule is Cc1cc(C(=O)N[C@@H]2CS(=O)(=O)C[C@@H]2N2CCCCC2)on1. The standard InChI is InChI=1S/C14H21N3O4S/c1-10-7-13(21-16-10)14(18)15-11-8-22(19,20)9-12(11)17-5-3-2-4-6-17/h7,11-12H,2-6,8-9H2,1H3,(H,15,18)/t11-,12+/m1/s1. The minimum Gasteiger partial charge on any atom is -0.351 e. The van der Waals surface area contributed by atoms with Gasteiger partial charge in [0.25, 0.3) is 5.91 Å². The van der Waals surface area contributed by atoms with Crippen LogP contribution in [0.25, 0.3) is 0 Å². The van der Waals surface area contributed by atoms with E-state index < -0.39 is 15.7 Å². The van der Waals surface area contributed by atoms with Crippen molar-refractivity contribution in [1.29, 1.82) is 0 Å². The smallest absolute Gasteiger partial charge is 0.290 e. The van der Waals surface area contributed by atoms with Crippen LogP contribution >= 0.6 is 0 Å². The first-order chi connectivity index (χ1) is 10.4. The van der Waals surface area contributed by atoms with Crippen molar-refractivity contribution < 1.29 is 17.7 Å². The predicted octanol–water partition coefficient (Wildman–Crippen LogP) is 0.364. The highest BCUT2D eigenvalue weighted by Gasteiger charge is 2.42. The van der Waals surface area contributed by atoms with Gasteiger partial charge in [-0.3, -0.25) is 9.69 Å². The third kappa shape index (κ3) is 3.33. The van der Waals surface area contributed by atoms with Gasteiger partial charge in [-0.05, 0) is 32.9 Å². The van der Waals surface area contributed by atoms with Crippen LogP contribution in [0.1, 0.15) is 35.5 Å². The van der Waals surface area contributed by atoms with Crippen LogP contribution in [0.4, 0.5) is 0 Å². The van der Waals surface area contributed by atoms with Crippen molar-refractivity contribution in [1.82, 2.24) is 15.4 Å². The van der Waals surface area contributed by atoms with Crippen LogP contribution in [0.15, 0.2) is 10.6 Å². The summed E-state index contributed by atoms with van der Waals surface area (Å²) < 4.78 is 28.9. The van der Waals surface area contributed by atoms with Crippen LogP contribution in [0.2, 0.25) is 0 Å². The maximum Gasteiger partial charge on any atom is 0.290 e. The minimum atomic E-state index is -3.12. The fourth-order valence-electron chi connectivity index (χ4n) is 3.29. The molecule has 22 heavy (non-hydrogen) atoms. The van der Waals surface area contributed by atoms with E-state index in [1.54, 1.807) is 13.0 Å². The van der Waals surface area contributed by atoms with Gasteiger partial charge < -0.3 is 9.84 Å². The Hall–Kier alpha value is -1.41. The Morgan fingerprint density at radius 3 is 2.68 bits per heavy atom. The molecule has 2 fully saturated rings. The van der Waals surface area contributed by atoms with Crippen molar-refractivity contribution in [3.63, 3.8) is 0 Å². The number of rotatable bonds is 3. The lowest BCUT2D eigenvalue weighted by atomic mass is 10.0. The van der Waals surface area contributed by atoms with Gasteiger partial charge in [-0.1, -0.05) is 11.6 Å². The van der Waals surface area contributed by atoms with Crippen LogP contribution in [0.5, 0.6) is 0 Å². The van der Waals surface area contributed by atoms with Crippen molar-refractivity contribution in [2.45, 2.75) is 38.3 Å². The maximum atomic E-state index is 12.2. The Labute approximate surface area is 129 Å². The highest BCUT2D eigenvalue weighted by molar-refractivity contribution is 7.91. The molecule has 1 amide bonds. The Morgan fingerprint density at radius 1 is 1.32 bits per heavy atom. The van der Waals surface area contributed by atoms with Crippen molar-refractivity contribution in [2.75, 3.05) is 24.6 Å². The molecular weight excluding hydrogens is 306 g/mol. The van der Waals surface area contributed by atoms with Crippen molar-refractivity contribution in [3.05, 3.63) is 17.5 Å². The fraction of sp³-hybridized carbons (Fsp3) is 0.714. The molecule has 2 saturated heterocycles. The number of hydrogen-bond acceptors (Lipinski definition) is 6. The van der Waals surface area contributed by atoms with E-state index in [4.69, 9.17) is 4.52 Å². The lowest BCUT2D eigenvalue weighted by Gasteiger charge is -2.34. The Kier molecular flexibility index (Phi) is 4.22. The van der Waals surface area contributed by atoms with Gasteiger partial charge in [0, 0.05) is 12.1 Å². The van der Waals surface area contributed by atoms with E-state index in [1.165, 1.54) is 6.42 Å². The number of aryl methyl sites for hydroxylation is 1. The summed E-state index contributed by atoms with van der Waals surface area (Å²) in [5.41, 5.74) is 0.622. The number of carbonyl (C=O) groups is 1. The highest BCUT2D eigenvalue weighted by Crippen LogP contribution is 2.22. The lowest BCUT2D eigenvalue weighted by molar-refractivity contribution is 0.0864. The number of carbonyl (C=O) groups excluding carboxylic acids is 1. The summed E-state index contributed by atoms with van der Waals surface area (Å²) in [6.07, 6.45) is 3.35. The molecule has 1 aromatic heterocycles. The van der Waals surface area contributed by atoms with Crippen molar-refractivity contribution in [3.8, 4) is 0 Å².